The third-order valence-corrected chi connectivity index (χ3v) is 5.06. The Labute approximate surface area is 198 Å². The summed E-state index contributed by atoms with van der Waals surface area (Å²) >= 11 is 0. The second-order valence-corrected chi connectivity index (χ2v) is 7.12. The maximum absolute atomic E-state index is 13.4. The van der Waals surface area contributed by atoms with E-state index >= 15 is 0 Å². The fourth-order valence-electron chi connectivity index (χ4n) is 3.53. The van der Waals surface area contributed by atoms with Crippen LogP contribution in [0.5, 0.6) is 0 Å². The molecule has 0 aliphatic carbocycles. The van der Waals surface area contributed by atoms with Gasteiger partial charge in [0.25, 0.3) is 0 Å². The van der Waals surface area contributed by atoms with Crippen molar-refractivity contribution in [2.45, 2.75) is 12.5 Å². The van der Waals surface area contributed by atoms with Gasteiger partial charge in [0, 0.05) is 39.3 Å². The van der Waals surface area contributed by atoms with E-state index in [4.69, 9.17) is 4.74 Å². The predicted molar refractivity (Wildman–Crippen MR) is 126 cm³/mol. The first-order chi connectivity index (χ1) is 14.5. The van der Waals surface area contributed by atoms with Crippen LogP contribution in [0.3, 0.4) is 0 Å². The molecule has 1 saturated heterocycles. The fraction of sp³-hybridized carbons (Fsp3) is 0.409. The van der Waals surface area contributed by atoms with Crippen LogP contribution in [0.1, 0.15) is 17.2 Å². The summed E-state index contributed by atoms with van der Waals surface area (Å²) in [6, 6.07) is 10.1. The lowest BCUT2D eigenvalue weighted by Crippen LogP contribution is -2.46. The van der Waals surface area contributed by atoms with Crippen molar-refractivity contribution in [2.24, 2.45) is 4.99 Å². The topological polar surface area (TPSA) is 48.9 Å². The molecule has 0 saturated carbocycles. The zero-order chi connectivity index (χ0) is 21.3. The minimum absolute atomic E-state index is 0. The molecule has 0 radical (unpaired) electrons. The Morgan fingerprint density at radius 2 is 1.65 bits per heavy atom. The number of benzene rings is 2. The number of halogens is 4. The van der Waals surface area contributed by atoms with Crippen LogP contribution in [0.4, 0.5) is 13.2 Å². The fourth-order valence-corrected chi connectivity index (χ4v) is 3.53. The molecule has 2 aromatic rings. The van der Waals surface area contributed by atoms with Crippen molar-refractivity contribution in [3.05, 3.63) is 71.0 Å². The lowest BCUT2D eigenvalue weighted by atomic mass is 10.0. The van der Waals surface area contributed by atoms with Gasteiger partial charge in [-0.3, -0.25) is 9.89 Å². The van der Waals surface area contributed by atoms with E-state index in [9.17, 15) is 13.2 Å². The van der Waals surface area contributed by atoms with Crippen LogP contribution in [0.2, 0.25) is 0 Å². The highest BCUT2D eigenvalue weighted by atomic mass is 127. The normalized spacial score (nSPS) is 15.8. The molecule has 2 N–H and O–H groups in total. The first kappa shape index (κ1) is 25.4. The van der Waals surface area contributed by atoms with E-state index in [1.165, 1.54) is 24.3 Å². The molecule has 31 heavy (non-hydrogen) atoms. The Morgan fingerprint density at radius 1 is 1.00 bits per heavy atom. The molecular formula is C22H28F3IN4O. The van der Waals surface area contributed by atoms with Crippen molar-refractivity contribution in [1.82, 2.24) is 15.5 Å². The highest BCUT2D eigenvalue weighted by Crippen LogP contribution is 2.21. The van der Waals surface area contributed by atoms with Crippen molar-refractivity contribution >= 4 is 29.9 Å². The van der Waals surface area contributed by atoms with Crippen LogP contribution in [-0.2, 0) is 11.2 Å². The van der Waals surface area contributed by atoms with Gasteiger partial charge in [0.2, 0.25) is 0 Å². The average Bonchev–Trinajstić information content (AvgIpc) is 2.74. The lowest BCUT2D eigenvalue weighted by molar-refractivity contribution is 0.0170. The summed E-state index contributed by atoms with van der Waals surface area (Å²) in [6.45, 7) is 3.95. The molecule has 5 nitrogen and oxygen atoms in total. The molecule has 1 atom stereocenters. The Bertz CT molecular complexity index is 825. The molecule has 1 heterocycles. The lowest BCUT2D eigenvalue weighted by Gasteiger charge is -2.35. The van der Waals surface area contributed by atoms with E-state index in [-0.39, 0.29) is 35.8 Å². The molecule has 2 aromatic carbocycles. The van der Waals surface area contributed by atoms with Crippen molar-refractivity contribution in [3.8, 4) is 0 Å². The van der Waals surface area contributed by atoms with Crippen LogP contribution in [0.15, 0.2) is 47.5 Å². The molecule has 0 spiro atoms. The minimum Gasteiger partial charge on any atom is -0.379 e. The van der Waals surface area contributed by atoms with E-state index in [1.54, 1.807) is 19.2 Å². The number of nitrogens with one attached hydrogen (secondary N) is 2. The standard InChI is InChI=1S/C22H27F3N4O.HI/c1-26-22(27-7-6-16-12-19(24)14-20(25)13-16)28-15-21(29-8-10-30-11-9-29)17-2-4-18(23)5-3-17;/h2-5,12-14,21H,6-11,15H2,1H3,(H2,26,27,28);1H. The molecule has 1 fully saturated rings. The van der Waals surface area contributed by atoms with E-state index in [0.717, 1.165) is 24.7 Å². The number of hydrogen-bond acceptors (Lipinski definition) is 3. The van der Waals surface area contributed by atoms with Gasteiger partial charge in [-0.15, -0.1) is 24.0 Å². The van der Waals surface area contributed by atoms with Crippen molar-refractivity contribution in [3.63, 3.8) is 0 Å². The monoisotopic (exact) mass is 548 g/mol. The van der Waals surface area contributed by atoms with Gasteiger partial charge in [-0.1, -0.05) is 12.1 Å². The minimum atomic E-state index is -0.583. The van der Waals surface area contributed by atoms with Gasteiger partial charge in [0.15, 0.2) is 5.96 Å². The summed E-state index contributed by atoms with van der Waals surface area (Å²) in [5.41, 5.74) is 1.59. The summed E-state index contributed by atoms with van der Waals surface area (Å²) in [5.74, 6) is -0.841. The third kappa shape index (κ3) is 7.97. The van der Waals surface area contributed by atoms with Crippen LogP contribution < -0.4 is 10.6 Å². The molecule has 9 heteroatoms. The zero-order valence-corrected chi connectivity index (χ0v) is 19.7. The maximum Gasteiger partial charge on any atom is 0.191 e. The largest absolute Gasteiger partial charge is 0.379 e. The quantitative estimate of drug-likeness (QED) is 0.316. The maximum atomic E-state index is 13.4. The van der Waals surface area contributed by atoms with Crippen molar-refractivity contribution < 1.29 is 17.9 Å². The van der Waals surface area contributed by atoms with Crippen LogP contribution in [0, 0.1) is 17.5 Å². The molecule has 3 rings (SSSR count). The van der Waals surface area contributed by atoms with Gasteiger partial charge in [-0.2, -0.15) is 0 Å². The van der Waals surface area contributed by atoms with Gasteiger partial charge >= 0.3 is 0 Å². The van der Waals surface area contributed by atoms with E-state index < -0.39 is 11.6 Å². The van der Waals surface area contributed by atoms with Gasteiger partial charge < -0.3 is 15.4 Å². The Kier molecular flexibility index (Phi) is 10.6. The number of guanidine groups is 1. The summed E-state index contributed by atoms with van der Waals surface area (Å²) in [4.78, 5) is 6.52. The first-order valence-electron chi connectivity index (χ1n) is 10.0. The summed E-state index contributed by atoms with van der Waals surface area (Å²) in [7, 11) is 1.67. The predicted octanol–water partition coefficient (Wildman–Crippen LogP) is 3.50. The zero-order valence-electron chi connectivity index (χ0n) is 17.4. The van der Waals surface area contributed by atoms with Crippen molar-refractivity contribution in [1.29, 1.82) is 0 Å². The molecule has 170 valence electrons. The highest BCUT2D eigenvalue weighted by molar-refractivity contribution is 14.0. The first-order valence-corrected chi connectivity index (χ1v) is 10.0. The second-order valence-electron chi connectivity index (χ2n) is 7.12. The molecule has 0 amide bonds. The number of morpholine rings is 1. The Morgan fingerprint density at radius 3 is 2.26 bits per heavy atom. The highest BCUT2D eigenvalue weighted by Gasteiger charge is 2.23. The second kappa shape index (κ2) is 12.9. The van der Waals surface area contributed by atoms with E-state index in [2.05, 4.69) is 20.5 Å². The summed E-state index contributed by atoms with van der Waals surface area (Å²) in [6.07, 6.45) is 0.459. The number of hydrogen-bond donors (Lipinski definition) is 2. The summed E-state index contributed by atoms with van der Waals surface area (Å²) in [5, 5.41) is 6.47. The van der Waals surface area contributed by atoms with Crippen LogP contribution in [0.25, 0.3) is 0 Å². The molecule has 1 aliphatic heterocycles. The van der Waals surface area contributed by atoms with Gasteiger partial charge in [-0.05, 0) is 41.8 Å². The Hall–Kier alpha value is -1.85. The molecule has 0 bridgehead atoms. The van der Waals surface area contributed by atoms with Crippen molar-refractivity contribution in [2.75, 3.05) is 46.4 Å². The van der Waals surface area contributed by atoms with Gasteiger partial charge in [-0.25, -0.2) is 13.2 Å². The van der Waals surface area contributed by atoms with Gasteiger partial charge in [0.05, 0.1) is 19.3 Å². The van der Waals surface area contributed by atoms with Gasteiger partial charge in [0.1, 0.15) is 17.5 Å². The SMILES string of the molecule is CN=C(NCCc1cc(F)cc(F)c1)NCC(c1ccc(F)cc1)N1CCOCC1.I. The smallest absolute Gasteiger partial charge is 0.191 e. The number of rotatable bonds is 7. The molecule has 1 unspecified atom stereocenters. The molecule has 1 aliphatic rings. The number of ether oxygens (including phenoxy) is 1. The third-order valence-electron chi connectivity index (χ3n) is 5.06. The molecular weight excluding hydrogens is 520 g/mol. The Balaban J connectivity index is 0.00000341. The van der Waals surface area contributed by atoms with E-state index in [1.807, 2.05) is 0 Å². The molecule has 0 aromatic heterocycles. The van der Waals surface area contributed by atoms with Crippen LogP contribution >= 0.6 is 24.0 Å². The van der Waals surface area contributed by atoms with Crippen LogP contribution in [-0.4, -0.2) is 57.3 Å². The number of nitrogens with zero attached hydrogens (tertiary/aromatic N) is 2. The average molecular weight is 548 g/mol. The summed E-state index contributed by atoms with van der Waals surface area (Å²) < 4.78 is 45.5. The number of aliphatic imine (C=N–C) groups is 1. The van der Waals surface area contributed by atoms with E-state index in [0.29, 0.717) is 44.2 Å².